The molecule has 0 bridgehead atoms. The Hall–Kier alpha value is -1.54. The SMILES string of the molecule is CC1NCCc2c(-c3ccoc3)cccc21. The number of hydrogen-bond acceptors (Lipinski definition) is 2. The van der Waals surface area contributed by atoms with E-state index >= 15 is 0 Å². The van der Waals surface area contributed by atoms with Gasteiger partial charge in [0.2, 0.25) is 0 Å². The van der Waals surface area contributed by atoms with E-state index in [1.807, 2.05) is 12.3 Å². The van der Waals surface area contributed by atoms with Gasteiger partial charge in [0.05, 0.1) is 12.5 Å². The second kappa shape index (κ2) is 3.80. The molecule has 3 rings (SSSR count). The van der Waals surface area contributed by atoms with E-state index in [-0.39, 0.29) is 0 Å². The van der Waals surface area contributed by atoms with Crippen LogP contribution in [0.2, 0.25) is 0 Å². The van der Waals surface area contributed by atoms with Gasteiger partial charge in [-0.05, 0) is 42.6 Å². The molecule has 0 saturated heterocycles. The second-order valence-electron chi connectivity index (χ2n) is 4.31. The molecule has 2 heteroatoms. The zero-order valence-electron chi connectivity index (χ0n) is 9.36. The van der Waals surface area contributed by atoms with Gasteiger partial charge in [-0.1, -0.05) is 18.2 Å². The molecule has 0 amide bonds. The molecule has 16 heavy (non-hydrogen) atoms. The molecular weight excluding hydrogens is 198 g/mol. The third-order valence-electron chi connectivity index (χ3n) is 3.34. The summed E-state index contributed by atoms with van der Waals surface area (Å²) in [4.78, 5) is 0. The van der Waals surface area contributed by atoms with Crippen LogP contribution in [-0.2, 0) is 6.42 Å². The molecule has 0 spiro atoms. The molecule has 0 saturated carbocycles. The highest BCUT2D eigenvalue weighted by atomic mass is 16.3. The zero-order chi connectivity index (χ0) is 11.0. The van der Waals surface area contributed by atoms with Gasteiger partial charge in [0, 0.05) is 11.6 Å². The summed E-state index contributed by atoms with van der Waals surface area (Å²) in [6.07, 6.45) is 4.66. The first kappa shape index (κ1) is 9.67. The normalized spacial score (nSPS) is 19.4. The predicted molar refractivity (Wildman–Crippen MR) is 64.3 cm³/mol. The van der Waals surface area contributed by atoms with Gasteiger partial charge < -0.3 is 9.73 Å². The van der Waals surface area contributed by atoms with E-state index in [0.717, 1.165) is 13.0 Å². The van der Waals surface area contributed by atoms with E-state index in [0.29, 0.717) is 6.04 Å². The van der Waals surface area contributed by atoms with Crippen LogP contribution in [0.25, 0.3) is 11.1 Å². The quantitative estimate of drug-likeness (QED) is 0.787. The van der Waals surface area contributed by atoms with Gasteiger partial charge in [-0.25, -0.2) is 0 Å². The zero-order valence-corrected chi connectivity index (χ0v) is 9.36. The number of hydrogen-bond donors (Lipinski definition) is 1. The maximum Gasteiger partial charge on any atom is 0.0981 e. The minimum absolute atomic E-state index is 0.454. The lowest BCUT2D eigenvalue weighted by Crippen LogP contribution is -2.28. The number of benzene rings is 1. The van der Waals surface area contributed by atoms with E-state index in [1.54, 1.807) is 6.26 Å². The fourth-order valence-corrected chi connectivity index (χ4v) is 2.50. The van der Waals surface area contributed by atoms with Crippen molar-refractivity contribution >= 4 is 0 Å². The monoisotopic (exact) mass is 213 g/mol. The number of fused-ring (bicyclic) bond motifs is 1. The average Bonchev–Trinajstić information content (AvgIpc) is 2.82. The van der Waals surface area contributed by atoms with Gasteiger partial charge in [-0.15, -0.1) is 0 Å². The Labute approximate surface area is 95.3 Å². The lowest BCUT2D eigenvalue weighted by molar-refractivity contribution is 0.541. The highest BCUT2D eigenvalue weighted by molar-refractivity contribution is 5.68. The summed E-state index contributed by atoms with van der Waals surface area (Å²) in [6, 6.07) is 9.01. The van der Waals surface area contributed by atoms with Crippen molar-refractivity contribution in [2.75, 3.05) is 6.54 Å². The van der Waals surface area contributed by atoms with Crippen LogP contribution in [0.5, 0.6) is 0 Å². The van der Waals surface area contributed by atoms with Crippen LogP contribution in [0.15, 0.2) is 41.2 Å². The van der Waals surface area contributed by atoms with Gasteiger partial charge in [-0.3, -0.25) is 0 Å². The fraction of sp³-hybridized carbons (Fsp3) is 0.286. The maximum atomic E-state index is 5.17. The molecule has 0 radical (unpaired) electrons. The standard InChI is InChI=1S/C14H15NO/c1-10-12-3-2-4-13(11-6-8-16-9-11)14(12)5-7-15-10/h2-4,6,8-10,15H,5,7H2,1H3. The van der Waals surface area contributed by atoms with Crippen molar-refractivity contribution < 1.29 is 4.42 Å². The molecule has 2 heterocycles. The average molecular weight is 213 g/mol. The van der Waals surface area contributed by atoms with E-state index in [2.05, 4.69) is 30.4 Å². The molecule has 0 fully saturated rings. The predicted octanol–water partition coefficient (Wildman–Crippen LogP) is 3.15. The Morgan fingerprint density at radius 1 is 1.31 bits per heavy atom. The molecule has 1 aliphatic rings. The first-order valence-electron chi connectivity index (χ1n) is 5.74. The van der Waals surface area contributed by atoms with Crippen molar-refractivity contribution in [3.63, 3.8) is 0 Å². The number of nitrogens with one attached hydrogen (secondary N) is 1. The van der Waals surface area contributed by atoms with Crippen LogP contribution < -0.4 is 5.32 Å². The molecule has 2 aromatic rings. The highest BCUT2D eigenvalue weighted by Crippen LogP contribution is 2.32. The fourth-order valence-electron chi connectivity index (χ4n) is 2.50. The molecule has 2 nitrogen and oxygen atoms in total. The molecule has 1 aliphatic heterocycles. The first-order valence-corrected chi connectivity index (χ1v) is 5.74. The van der Waals surface area contributed by atoms with E-state index in [4.69, 9.17) is 4.42 Å². The van der Waals surface area contributed by atoms with Crippen molar-refractivity contribution in [3.05, 3.63) is 47.9 Å². The molecule has 1 unspecified atom stereocenters. The summed E-state index contributed by atoms with van der Waals surface area (Å²) >= 11 is 0. The number of rotatable bonds is 1. The molecule has 1 N–H and O–H groups in total. The largest absolute Gasteiger partial charge is 0.472 e. The van der Waals surface area contributed by atoms with Crippen LogP contribution >= 0.6 is 0 Å². The molecule has 82 valence electrons. The summed E-state index contributed by atoms with van der Waals surface area (Å²) in [6.45, 7) is 3.28. The van der Waals surface area contributed by atoms with Crippen molar-refractivity contribution in [1.29, 1.82) is 0 Å². The molecule has 1 aromatic heterocycles. The van der Waals surface area contributed by atoms with Gasteiger partial charge in [0.25, 0.3) is 0 Å². The van der Waals surface area contributed by atoms with Crippen molar-refractivity contribution in [1.82, 2.24) is 5.32 Å². The van der Waals surface area contributed by atoms with Crippen LogP contribution in [0.4, 0.5) is 0 Å². The van der Waals surface area contributed by atoms with Crippen molar-refractivity contribution in [3.8, 4) is 11.1 Å². The lowest BCUT2D eigenvalue weighted by atomic mass is 9.89. The maximum absolute atomic E-state index is 5.17. The van der Waals surface area contributed by atoms with Crippen LogP contribution in [-0.4, -0.2) is 6.54 Å². The van der Waals surface area contributed by atoms with Gasteiger partial charge in [0.1, 0.15) is 0 Å². The summed E-state index contributed by atoms with van der Waals surface area (Å²) in [5.74, 6) is 0. The lowest BCUT2D eigenvalue weighted by Gasteiger charge is -2.25. The molecular formula is C14H15NO. The molecule has 1 aromatic carbocycles. The van der Waals surface area contributed by atoms with E-state index in [1.165, 1.54) is 22.3 Å². The Kier molecular flexibility index (Phi) is 2.29. The minimum atomic E-state index is 0.454. The molecule has 0 aliphatic carbocycles. The molecule has 1 atom stereocenters. The Morgan fingerprint density at radius 3 is 3.06 bits per heavy atom. The second-order valence-corrected chi connectivity index (χ2v) is 4.31. The third kappa shape index (κ3) is 1.46. The van der Waals surface area contributed by atoms with Crippen LogP contribution in [0.1, 0.15) is 24.1 Å². The van der Waals surface area contributed by atoms with Crippen molar-refractivity contribution in [2.24, 2.45) is 0 Å². The summed E-state index contributed by atoms with van der Waals surface area (Å²) in [5, 5.41) is 3.49. The van der Waals surface area contributed by atoms with Crippen LogP contribution in [0.3, 0.4) is 0 Å². The smallest absolute Gasteiger partial charge is 0.0981 e. The van der Waals surface area contributed by atoms with Gasteiger partial charge in [0.15, 0.2) is 0 Å². The van der Waals surface area contributed by atoms with E-state index in [9.17, 15) is 0 Å². The summed E-state index contributed by atoms with van der Waals surface area (Å²) in [5.41, 5.74) is 5.39. The number of furan rings is 1. The Morgan fingerprint density at radius 2 is 2.25 bits per heavy atom. The van der Waals surface area contributed by atoms with Crippen molar-refractivity contribution in [2.45, 2.75) is 19.4 Å². The summed E-state index contributed by atoms with van der Waals surface area (Å²) < 4.78 is 5.17. The minimum Gasteiger partial charge on any atom is -0.472 e. The van der Waals surface area contributed by atoms with Gasteiger partial charge in [-0.2, -0.15) is 0 Å². The highest BCUT2D eigenvalue weighted by Gasteiger charge is 2.18. The summed E-state index contributed by atoms with van der Waals surface area (Å²) in [7, 11) is 0. The Bertz CT molecular complexity index is 487. The van der Waals surface area contributed by atoms with Crippen LogP contribution in [0, 0.1) is 0 Å². The Balaban J connectivity index is 2.16. The topological polar surface area (TPSA) is 25.2 Å². The first-order chi connectivity index (χ1) is 7.86. The van der Waals surface area contributed by atoms with Gasteiger partial charge >= 0.3 is 0 Å². The van der Waals surface area contributed by atoms with E-state index < -0.39 is 0 Å². The third-order valence-corrected chi connectivity index (χ3v) is 3.34.